The number of aromatic hydroxyl groups is 1. The number of hydrogen-bond acceptors (Lipinski definition) is 7. The van der Waals surface area contributed by atoms with Crippen molar-refractivity contribution in [2.75, 3.05) is 18.0 Å². The molecule has 1 aromatic carbocycles. The van der Waals surface area contributed by atoms with Crippen molar-refractivity contribution in [2.24, 2.45) is 0 Å². The highest BCUT2D eigenvalue weighted by Gasteiger charge is 2.22. The number of nitrogens with one attached hydrogen (secondary N) is 1. The first-order valence-electron chi connectivity index (χ1n) is 9.85. The SMILES string of the molecule is Cc1nc2cc(O)c(-c3ccc4nc(N5C[C@@H](C)N[C@@H](C)C5)ccc4n3)cc2o1. The highest BCUT2D eigenvalue weighted by molar-refractivity contribution is 5.86. The van der Waals surface area contributed by atoms with Gasteiger partial charge in [0.2, 0.25) is 0 Å². The van der Waals surface area contributed by atoms with Gasteiger partial charge in [-0.3, -0.25) is 0 Å². The second-order valence-electron chi connectivity index (χ2n) is 7.85. The molecule has 0 saturated carbocycles. The first-order valence-corrected chi connectivity index (χ1v) is 9.85. The maximum atomic E-state index is 10.5. The summed E-state index contributed by atoms with van der Waals surface area (Å²) < 4.78 is 5.60. The molecule has 7 heteroatoms. The summed E-state index contributed by atoms with van der Waals surface area (Å²) in [5.74, 6) is 1.66. The molecule has 4 heterocycles. The number of fused-ring (bicyclic) bond motifs is 2. The fraction of sp³-hybridized carbons (Fsp3) is 0.318. The van der Waals surface area contributed by atoms with Crippen LogP contribution in [0.1, 0.15) is 19.7 Å². The van der Waals surface area contributed by atoms with E-state index in [0.29, 0.717) is 40.3 Å². The summed E-state index contributed by atoms with van der Waals surface area (Å²) in [4.78, 5) is 16.1. The largest absolute Gasteiger partial charge is 0.507 e. The van der Waals surface area contributed by atoms with Crippen LogP contribution in [-0.2, 0) is 0 Å². The van der Waals surface area contributed by atoms with Crippen LogP contribution in [0.15, 0.2) is 40.8 Å². The van der Waals surface area contributed by atoms with Gasteiger partial charge in [-0.05, 0) is 44.2 Å². The van der Waals surface area contributed by atoms with Gasteiger partial charge in [0.15, 0.2) is 11.5 Å². The van der Waals surface area contributed by atoms with Gasteiger partial charge >= 0.3 is 0 Å². The monoisotopic (exact) mass is 389 g/mol. The standard InChI is InChI=1S/C22H23N5O2/c1-12-10-27(11-13(2)23-12)22-7-6-17-18(26-22)5-4-16(25-17)15-8-21-19(9-20(15)28)24-14(3)29-21/h4-9,12-13,23,28H,10-11H2,1-3H3/t12-,13+. The molecule has 0 amide bonds. The zero-order valence-electron chi connectivity index (χ0n) is 16.7. The molecule has 0 unspecified atom stereocenters. The van der Waals surface area contributed by atoms with Gasteiger partial charge in [-0.15, -0.1) is 0 Å². The minimum atomic E-state index is 0.131. The number of oxazole rings is 1. The third kappa shape index (κ3) is 3.27. The van der Waals surface area contributed by atoms with Gasteiger partial charge < -0.3 is 19.7 Å². The van der Waals surface area contributed by atoms with Gasteiger partial charge in [-0.2, -0.15) is 0 Å². The number of nitrogens with zero attached hydrogens (tertiary/aromatic N) is 4. The van der Waals surface area contributed by atoms with Gasteiger partial charge in [0.25, 0.3) is 0 Å². The van der Waals surface area contributed by atoms with Crippen molar-refractivity contribution in [1.82, 2.24) is 20.3 Å². The van der Waals surface area contributed by atoms with E-state index in [-0.39, 0.29) is 5.75 Å². The Hall–Kier alpha value is -3.19. The van der Waals surface area contributed by atoms with Crippen LogP contribution in [-0.4, -0.2) is 45.2 Å². The molecule has 7 nitrogen and oxygen atoms in total. The molecule has 1 aliphatic heterocycles. The summed E-state index contributed by atoms with van der Waals surface area (Å²) in [7, 11) is 0. The highest BCUT2D eigenvalue weighted by atomic mass is 16.3. The Balaban J connectivity index is 1.52. The van der Waals surface area contributed by atoms with Gasteiger partial charge in [-0.1, -0.05) is 0 Å². The summed E-state index contributed by atoms with van der Waals surface area (Å²) in [5.41, 5.74) is 4.18. The van der Waals surface area contributed by atoms with E-state index >= 15 is 0 Å². The zero-order valence-corrected chi connectivity index (χ0v) is 16.7. The van der Waals surface area contributed by atoms with Crippen molar-refractivity contribution in [3.63, 3.8) is 0 Å². The van der Waals surface area contributed by atoms with Crippen LogP contribution in [0.3, 0.4) is 0 Å². The maximum absolute atomic E-state index is 10.5. The molecule has 5 rings (SSSR count). The molecule has 2 atom stereocenters. The Kier molecular flexibility index (Phi) is 4.13. The van der Waals surface area contributed by atoms with Gasteiger partial charge in [0.1, 0.15) is 17.1 Å². The smallest absolute Gasteiger partial charge is 0.192 e. The third-order valence-electron chi connectivity index (χ3n) is 5.30. The molecule has 3 aromatic heterocycles. The summed E-state index contributed by atoms with van der Waals surface area (Å²) in [6, 6.07) is 12.1. The van der Waals surface area contributed by atoms with Crippen LogP contribution in [0.5, 0.6) is 5.75 Å². The number of aromatic nitrogens is 3. The van der Waals surface area contributed by atoms with Crippen LogP contribution in [0.4, 0.5) is 5.82 Å². The van der Waals surface area contributed by atoms with E-state index in [1.807, 2.05) is 24.3 Å². The van der Waals surface area contributed by atoms with Gasteiger partial charge in [0, 0.05) is 43.7 Å². The zero-order chi connectivity index (χ0) is 20.1. The molecule has 1 fully saturated rings. The number of anilines is 1. The Morgan fingerprint density at radius 3 is 2.48 bits per heavy atom. The van der Waals surface area contributed by atoms with Crippen LogP contribution < -0.4 is 10.2 Å². The second-order valence-corrected chi connectivity index (χ2v) is 7.85. The van der Waals surface area contributed by atoms with E-state index in [1.165, 1.54) is 0 Å². The average Bonchev–Trinajstić information content (AvgIpc) is 3.04. The van der Waals surface area contributed by atoms with Crippen molar-refractivity contribution in [3.8, 4) is 17.0 Å². The fourth-order valence-electron chi connectivity index (χ4n) is 4.12. The van der Waals surface area contributed by atoms with E-state index in [4.69, 9.17) is 14.4 Å². The minimum absolute atomic E-state index is 0.131. The molecule has 0 spiro atoms. The predicted octanol–water partition coefficient (Wildman–Crippen LogP) is 3.64. The van der Waals surface area contributed by atoms with E-state index in [0.717, 1.165) is 29.9 Å². The Labute approximate surface area is 168 Å². The Morgan fingerprint density at radius 1 is 0.966 bits per heavy atom. The number of pyridine rings is 2. The number of phenolic OH excluding ortho intramolecular Hbond substituents is 1. The first-order chi connectivity index (χ1) is 14.0. The highest BCUT2D eigenvalue weighted by Crippen LogP contribution is 2.33. The topological polar surface area (TPSA) is 87.3 Å². The molecule has 29 heavy (non-hydrogen) atoms. The van der Waals surface area contributed by atoms with Crippen molar-refractivity contribution < 1.29 is 9.52 Å². The second kappa shape index (κ2) is 6.70. The van der Waals surface area contributed by atoms with Crippen molar-refractivity contribution in [2.45, 2.75) is 32.9 Å². The van der Waals surface area contributed by atoms with E-state index in [9.17, 15) is 5.11 Å². The lowest BCUT2D eigenvalue weighted by Gasteiger charge is -2.36. The molecule has 1 saturated heterocycles. The van der Waals surface area contributed by atoms with Gasteiger partial charge in [0.05, 0.1) is 16.7 Å². The number of benzene rings is 1. The molecular formula is C22H23N5O2. The van der Waals surface area contributed by atoms with E-state index in [1.54, 1.807) is 19.1 Å². The minimum Gasteiger partial charge on any atom is -0.507 e. The number of rotatable bonds is 2. The molecule has 4 aromatic rings. The lowest BCUT2D eigenvalue weighted by molar-refractivity contribution is 0.405. The fourth-order valence-corrected chi connectivity index (χ4v) is 4.12. The molecule has 1 aliphatic rings. The Bertz CT molecular complexity index is 1210. The Morgan fingerprint density at radius 2 is 1.69 bits per heavy atom. The number of hydrogen-bond donors (Lipinski definition) is 2. The van der Waals surface area contributed by atoms with Crippen molar-refractivity contribution in [1.29, 1.82) is 0 Å². The molecule has 0 aliphatic carbocycles. The lowest BCUT2D eigenvalue weighted by atomic mass is 10.1. The van der Waals surface area contributed by atoms with Crippen molar-refractivity contribution in [3.05, 3.63) is 42.3 Å². The van der Waals surface area contributed by atoms with E-state index in [2.05, 4.69) is 29.0 Å². The van der Waals surface area contributed by atoms with Crippen LogP contribution in [0, 0.1) is 6.92 Å². The van der Waals surface area contributed by atoms with Crippen molar-refractivity contribution >= 4 is 28.0 Å². The maximum Gasteiger partial charge on any atom is 0.192 e. The first kappa shape index (κ1) is 17.9. The van der Waals surface area contributed by atoms with Crippen LogP contribution >= 0.6 is 0 Å². The molecular weight excluding hydrogens is 366 g/mol. The number of phenols is 1. The van der Waals surface area contributed by atoms with Gasteiger partial charge in [-0.25, -0.2) is 15.0 Å². The van der Waals surface area contributed by atoms with Crippen LogP contribution in [0.25, 0.3) is 33.4 Å². The predicted molar refractivity (Wildman–Crippen MR) is 113 cm³/mol. The summed E-state index contributed by atoms with van der Waals surface area (Å²) in [5, 5.41) is 14.0. The average molecular weight is 389 g/mol. The quantitative estimate of drug-likeness (QED) is 0.541. The van der Waals surface area contributed by atoms with Crippen LogP contribution in [0.2, 0.25) is 0 Å². The molecule has 0 bridgehead atoms. The summed E-state index contributed by atoms with van der Waals surface area (Å²) in [6.45, 7) is 8.03. The molecule has 148 valence electrons. The van der Waals surface area contributed by atoms with E-state index < -0.39 is 0 Å². The number of aryl methyl sites for hydroxylation is 1. The summed E-state index contributed by atoms with van der Waals surface area (Å²) >= 11 is 0. The normalized spacial score (nSPS) is 19.9. The third-order valence-corrected chi connectivity index (χ3v) is 5.30. The molecule has 0 radical (unpaired) electrons. The molecule has 2 N–H and O–H groups in total. The lowest BCUT2D eigenvalue weighted by Crippen LogP contribution is -2.54. The number of piperazine rings is 1. The summed E-state index contributed by atoms with van der Waals surface area (Å²) in [6.07, 6.45) is 0.